The van der Waals surface area contributed by atoms with Gasteiger partial charge in [0, 0.05) is 0 Å². The van der Waals surface area contributed by atoms with Gasteiger partial charge in [-0.15, -0.1) is 0 Å². The Labute approximate surface area is 95.1 Å². The molecule has 2 aliphatic heterocycles. The molecule has 16 heavy (non-hydrogen) atoms. The highest BCUT2D eigenvalue weighted by Gasteiger charge is 2.16. The summed E-state index contributed by atoms with van der Waals surface area (Å²) in [6, 6.07) is 10.1. The van der Waals surface area contributed by atoms with Crippen molar-refractivity contribution in [2.24, 2.45) is 0 Å². The summed E-state index contributed by atoms with van der Waals surface area (Å²) < 4.78 is 19.9. The normalized spacial score (nSPS) is 23.9. The largest absolute Gasteiger partial charge is 0.353 e. The van der Waals surface area contributed by atoms with E-state index in [4.69, 9.17) is 18.9 Å². The Balaban J connectivity index is 0.000000162. The smallest absolute Gasteiger partial charge is 0.147 e. The topological polar surface area (TPSA) is 36.9 Å². The van der Waals surface area contributed by atoms with Gasteiger partial charge in [0.25, 0.3) is 0 Å². The van der Waals surface area contributed by atoms with Crippen molar-refractivity contribution in [1.29, 1.82) is 0 Å². The second-order valence-electron chi connectivity index (χ2n) is 3.49. The molecule has 0 amide bonds. The molecule has 1 unspecified atom stereocenters. The van der Waals surface area contributed by atoms with E-state index < -0.39 is 0 Å². The van der Waals surface area contributed by atoms with Crippen LogP contribution in [-0.2, 0) is 18.9 Å². The summed E-state index contributed by atoms with van der Waals surface area (Å²) in [5.74, 6) is 0. The molecular formula is C12H16O4. The maximum absolute atomic E-state index is 5.32. The minimum absolute atomic E-state index is 0.149. The van der Waals surface area contributed by atoms with Gasteiger partial charge in [-0.05, 0) is 5.56 Å². The predicted octanol–water partition coefficient (Wildman–Crippen LogP) is 1.72. The molecule has 0 bridgehead atoms. The molecule has 2 aliphatic rings. The van der Waals surface area contributed by atoms with Gasteiger partial charge in [-0.3, -0.25) is 0 Å². The van der Waals surface area contributed by atoms with Gasteiger partial charge in [0.05, 0.1) is 19.8 Å². The molecule has 2 heterocycles. The van der Waals surface area contributed by atoms with Gasteiger partial charge in [-0.25, -0.2) is 0 Å². The van der Waals surface area contributed by atoms with E-state index in [0.29, 0.717) is 20.2 Å². The van der Waals surface area contributed by atoms with E-state index in [1.54, 1.807) is 0 Å². The Hall–Kier alpha value is -0.940. The van der Waals surface area contributed by atoms with Gasteiger partial charge in [0.2, 0.25) is 0 Å². The average Bonchev–Trinajstić information content (AvgIpc) is 3.07. The van der Waals surface area contributed by atoms with Gasteiger partial charge < -0.3 is 18.9 Å². The first-order valence-electron chi connectivity index (χ1n) is 5.36. The first-order chi connectivity index (χ1) is 7.97. The minimum atomic E-state index is 0.149. The van der Waals surface area contributed by atoms with Crippen molar-refractivity contribution in [2.45, 2.75) is 6.10 Å². The van der Waals surface area contributed by atoms with Gasteiger partial charge in [0.15, 0.2) is 0 Å². The van der Waals surface area contributed by atoms with Crippen LogP contribution in [0.25, 0.3) is 0 Å². The van der Waals surface area contributed by atoms with Crippen LogP contribution in [0.1, 0.15) is 11.7 Å². The molecule has 3 rings (SSSR count). The lowest BCUT2D eigenvalue weighted by Gasteiger charge is -2.05. The highest BCUT2D eigenvalue weighted by Crippen LogP contribution is 2.21. The Bertz CT molecular complexity index is 271. The molecule has 0 aliphatic carbocycles. The first-order valence-corrected chi connectivity index (χ1v) is 5.36. The molecule has 0 radical (unpaired) electrons. The standard InChI is InChI=1S/C9H10O2.C3H6O2/c1-2-4-8(5-3-1)9-6-10-7-11-9;1-2-5-3-4-1/h1-5,9H,6-7H2;1-3H2. The van der Waals surface area contributed by atoms with Gasteiger partial charge in [0.1, 0.15) is 19.7 Å². The summed E-state index contributed by atoms with van der Waals surface area (Å²) in [4.78, 5) is 0. The van der Waals surface area contributed by atoms with Crippen LogP contribution in [0.2, 0.25) is 0 Å². The SMILES string of the molecule is C1COCO1.c1ccc(C2COCO2)cc1. The second-order valence-corrected chi connectivity index (χ2v) is 3.49. The van der Waals surface area contributed by atoms with Crippen LogP contribution in [0.15, 0.2) is 30.3 Å². The van der Waals surface area contributed by atoms with Crippen molar-refractivity contribution in [3.8, 4) is 0 Å². The maximum Gasteiger partial charge on any atom is 0.147 e. The first kappa shape index (κ1) is 11.5. The van der Waals surface area contributed by atoms with E-state index in [0.717, 1.165) is 13.2 Å². The highest BCUT2D eigenvalue weighted by atomic mass is 16.7. The number of hydrogen-bond acceptors (Lipinski definition) is 4. The monoisotopic (exact) mass is 224 g/mol. The van der Waals surface area contributed by atoms with Crippen LogP contribution >= 0.6 is 0 Å². The van der Waals surface area contributed by atoms with E-state index in [1.807, 2.05) is 18.2 Å². The van der Waals surface area contributed by atoms with Crippen LogP contribution in [0.4, 0.5) is 0 Å². The molecular weight excluding hydrogens is 208 g/mol. The zero-order valence-corrected chi connectivity index (χ0v) is 9.13. The summed E-state index contributed by atoms with van der Waals surface area (Å²) in [6.07, 6.45) is 0.149. The summed E-state index contributed by atoms with van der Waals surface area (Å²) >= 11 is 0. The lowest BCUT2D eigenvalue weighted by atomic mass is 10.1. The molecule has 1 aromatic rings. The molecule has 1 aromatic carbocycles. The van der Waals surface area contributed by atoms with Crippen molar-refractivity contribution in [1.82, 2.24) is 0 Å². The van der Waals surface area contributed by atoms with Crippen LogP contribution in [0, 0.1) is 0 Å². The molecule has 2 fully saturated rings. The van der Waals surface area contributed by atoms with E-state index in [1.165, 1.54) is 5.56 Å². The van der Waals surface area contributed by atoms with Crippen molar-refractivity contribution < 1.29 is 18.9 Å². The molecule has 4 heteroatoms. The molecule has 0 aromatic heterocycles. The van der Waals surface area contributed by atoms with Crippen molar-refractivity contribution in [2.75, 3.05) is 33.4 Å². The summed E-state index contributed by atoms with van der Waals surface area (Å²) in [7, 11) is 0. The van der Waals surface area contributed by atoms with Crippen LogP contribution in [-0.4, -0.2) is 33.4 Å². The predicted molar refractivity (Wildman–Crippen MR) is 57.9 cm³/mol. The molecule has 0 saturated carbocycles. The van der Waals surface area contributed by atoms with E-state index >= 15 is 0 Å². The van der Waals surface area contributed by atoms with Gasteiger partial charge in [-0.1, -0.05) is 30.3 Å². The second kappa shape index (κ2) is 6.60. The number of rotatable bonds is 1. The molecule has 0 N–H and O–H groups in total. The molecule has 88 valence electrons. The third kappa shape index (κ3) is 3.57. The van der Waals surface area contributed by atoms with E-state index in [2.05, 4.69) is 12.1 Å². The Morgan fingerprint density at radius 1 is 0.875 bits per heavy atom. The number of benzene rings is 1. The van der Waals surface area contributed by atoms with E-state index in [9.17, 15) is 0 Å². The van der Waals surface area contributed by atoms with Crippen LogP contribution in [0.3, 0.4) is 0 Å². The van der Waals surface area contributed by atoms with Gasteiger partial charge >= 0.3 is 0 Å². The Morgan fingerprint density at radius 2 is 1.62 bits per heavy atom. The van der Waals surface area contributed by atoms with Gasteiger partial charge in [-0.2, -0.15) is 0 Å². The molecule has 2 saturated heterocycles. The number of ether oxygens (including phenoxy) is 4. The van der Waals surface area contributed by atoms with E-state index in [-0.39, 0.29) is 6.10 Å². The van der Waals surface area contributed by atoms with Crippen LogP contribution in [0.5, 0.6) is 0 Å². The summed E-state index contributed by atoms with van der Waals surface area (Å²) in [5, 5.41) is 0. The fourth-order valence-electron chi connectivity index (χ4n) is 1.49. The molecule has 4 nitrogen and oxygen atoms in total. The van der Waals surface area contributed by atoms with Crippen LogP contribution < -0.4 is 0 Å². The molecule has 0 spiro atoms. The average molecular weight is 224 g/mol. The summed E-state index contributed by atoms with van der Waals surface area (Å²) in [6.45, 7) is 3.17. The lowest BCUT2D eigenvalue weighted by Crippen LogP contribution is -1.98. The fourth-order valence-corrected chi connectivity index (χ4v) is 1.49. The van der Waals surface area contributed by atoms with Crippen molar-refractivity contribution >= 4 is 0 Å². The Morgan fingerprint density at radius 3 is 2.12 bits per heavy atom. The zero-order chi connectivity index (χ0) is 11.1. The summed E-state index contributed by atoms with van der Waals surface area (Å²) in [5.41, 5.74) is 1.20. The third-order valence-electron chi connectivity index (χ3n) is 2.33. The van der Waals surface area contributed by atoms with Crippen molar-refractivity contribution in [3.05, 3.63) is 35.9 Å². The quantitative estimate of drug-likeness (QED) is 0.728. The third-order valence-corrected chi connectivity index (χ3v) is 2.33. The molecule has 1 atom stereocenters. The minimum Gasteiger partial charge on any atom is -0.353 e. The fraction of sp³-hybridized carbons (Fsp3) is 0.500. The maximum atomic E-state index is 5.32. The Kier molecular flexibility index (Phi) is 4.76. The zero-order valence-electron chi connectivity index (χ0n) is 9.13. The lowest BCUT2D eigenvalue weighted by molar-refractivity contribution is 0.0466. The van der Waals surface area contributed by atoms with Crippen molar-refractivity contribution in [3.63, 3.8) is 0 Å². The number of hydrogen-bond donors (Lipinski definition) is 0. The highest BCUT2D eigenvalue weighted by molar-refractivity contribution is 5.17.